The summed E-state index contributed by atoms with van der Waals surface area (Å²) in [5.41, 5.74) is 3.62. The molecule has 0 bridgehead atoms. The first kappa shape index (κ1) is 21.4. The molecule has 3 aromatic rings. The number of nitro groups is 1. The summed E-state index contributed by atoms with van der Waals surface area (Å²) in [5, 5.41) is 20.3. The number of nitrogens with zero attached hydrogens (tertiary/aromatic N) is 3. The Morgan fingerprint density at radius 1 is 1.09 bits per heavy atom. The van der Waals surface area contributed by atoms with Gasteiger partial charge in [-0.1, -0.05) is 18.2 Å². The maximum absolute atomic E-state index is 12.9. The molecular formula is C23H19N3O5S. The van der Waals surface area contributed by atoms with Crippen LogP contribution in [0, 0.1) is 24.0 Å². The van der Waals surface area contributed by atoms with Crippen molar-refractivity contribution in [3.8, 4) is 11.4 Å². The van der Waals surface area contributed by atoms with Gasteiger partial charge >= 0.3 is 0 Å². The molecule has 9 heteroatoms. The highest BCUT2D eigenvalue weighted by Gasteiger charge is 2.36. The van der Waals surface area contributed by atoms with Crippen molar-refractivity contribution in [1.29, 1.82) is 0 Å². The van der Waals surface area contributed by atoms with E-state index in [-0.39, 0.29) is 22.9 Å². The normalized spacial score (nSPS) is 15.1. The number of thioether (sulfide) groups is 1. The van der Waals surface area contributed by atoms with Crippen LogP contribution in [0.4, 0.5) is 10.5 Å². The molecule has 0 aliphatic carbocycles. The van der Waals surface area contributed by atoms with Crippen molar-refractivity contribution in [2.75, 3.05) is 0 Å². The van der Waals surface area contributed by atoms with Gasteiger partial charge in [-0.2, -0.15) is 0 Å². The number of amides is 2. The van der Waals surface area contributed by atoms with Crippen molar-refractivity contribution >= 4 is 34.7 Å². The van der Waals surface area contributed by atoms with Crippen molar-refractivity contribution in [3.63, 3.8) is 0 Å². The van der Waals surface area contributed by atoms with Crippen LogP contribution in [0.5, 0.6) is 5.75 Å². The number of aromatic hydroxyl groups is 1. The Balaban J connectivity index is 1.63. The fraction of sp³-hybridized carbons (Fsp3) is 0.130. The molecule has 1 aromatic heterocycles. The zero-order valence-corrected chi connectivity index (χ0v) is 18.1. The van der Waals surface area contributed by atoms with Gasteiger partial charge in [0.05, 0.1) is 16.4 Å². The third-order valence-electron chi connectivity index (χ3n) is 5.26. The molecule has 2 amide bonds. The topological polar surface area (TPSA) is 106 Å². The predicted octanol–water partition coefficient (Wildman–Crippen LogP) is 4.94. The minimum Gasteiger partial charge on any atom is -0.508 e. The molecular weight excluding hydrogens is 430 g/mol. The van der Waals surface area contributed by atoms with Crippen LogP contribution in [0.25, 0.3) is 11.8 Å². The first-order valence-electron chi connectivity index (χ1n) is 9.72. The molecule has 1 aliphatic heterocycles. The maximum Gasteiger partial charge on any atom is 0.293 e. The number of aromatic nitrogens is 1. The van der Waals surface area contributed by atoms with Crippen molar-refractivity contribution in [3.05, 3.63) is 92.1 Å². The van der Waals surface area contributed by atoms with Crippen molar-refractivity contribution in [2.45, 2.75) is 20.4 Å². The van der Waals surface area contributed by atoms with E-state index in [4.69, 9.17) is 0 Å². The van der Waals surface area contributed by atoms with Gasteiger partial charge < -0.3 is 9.67 Å². The minimum atomic E-state index is -0.525. The standard InChI is InChI=1S/C23H19N3O5S/c1-14-11-17(15(2)25(14)18-7-9-19(27)10-8-18)12-21-22(28)24(23(29)32-21)13-16-5-3-4-6-20(16)26(30)31/h3-12,27H,13H2,1-2H3/b21-12-. The van der Waals surface area contributed by atoms with Crippen LogP contribution in [0.2, 0.25) is 0 Å². The Labute approximate surface area is 187 Å². The van der Waals surface area contributed by atoms with Gasteiger partial charge in [0.25, 0.3) is 16.8 Å². The Hall–Kier alpha value is -3.85. The van der Waals surface area contributed by atoms with Crippen LogP contribution < -0.4 is 0 Å². The van der Waals surface area contributed by atoms with Gasteiger partial charge in [0, 0.05) is 28.7 Å². The third-order valence-corrected chi connectivity index (χ3v) is 6.16. The number of nitro benzene ring substituents is 1. The summed E-state index contributed by atoms with van der Waals surface area (Å²) in [7, 11) is 0. The molecule has 0 saturated carbocycles. The van der Waals surface area contributed by atoms with Gasteiger partial charge in [-0.3, -0.25) is 24.6 Å². The van der Waals surface area contributed by atoms with Crippen LogP contribution in [0.3, 0.4) is 0 Å². The average molecular weight is 449 g/mol. The van der Waals surface area contributed by atoms with Crippen LogP contribution in [0.15, 0.2) is 59.5 Å². The van der Waals surface area contributed by atoms with E-state index < -0.39 is 16.1 Å². The summed E-state index contributed by atoms with van der Waals surface area (Å²) < 4.78 is 1.99. The first-order chi connectivity index (χ1) is 15.3. The van der Waals surface area contributed by atoms with E-state index in [1.165, 1.54) is 12.1 Å². The monoisotopic (exact) mass is 449 g/mol. The quantitative estimate of drug-likeness (QED) is 0.336. The van der Waals surface area contributed by atoms with Gasteiger partial charge in [0.2, 0.25) is 0 Å². The minimum absolute atomic E-state index is 0.132. The maximum atomic E-state index is 12.9. The highest BCUT2D eigenvalue weighted by molar-refractivity contribution is 8.18. The Morgan fingerprint density at radius 3 is 2.47 bits per heavy atom. The zero-order chi connectivity index (χ0) is 23.0. The summed E-state index contributed by atoms with van der Waals surface area (Å²) in [6, 6.07) is 14.8. The lowest BCUT2D eigenvalue weighted by molar-refractivity contribution is -0.385. The van der Waals surface area contributed by atoms with E-state index in [0.29, 0.717) is 5.56 Å². The second-order valence-corrected chi connectivity index (χ2v) is 8.33. The Kier molecular flexibility index (Phi) is 5.58. The van der Waals surface area contributed by atoms with E-state index in [1.54, 1.807) is 42.5 Å². The van der Waals surface area contributed by atoms with Crippen LogP contribution in [0.1, 0.15) is 22.5 Å². The molecule has 0 unspecified atom stereocenters. The van der Waals surface area contributed by atoms with Gasteiger partial charge in [-0.05, 0) is 67.6 Å². The van der Waals surface area contributed by atoms with E-state index >= 15 is 0 Å². The SMILES string of the molecule is Cc1cc(/C=C2\SC(=O)N(Cc3ccccc3[N+](=O)[O-])C2=O)c(C)n1-c1ccc(O)cc1. The van der Waals surface area contributed by atoms with E-state index in [2.05, 4.69) is 0 Å². The number of phenolic OH excluding ortho intramolecular Hbond substituents is 1. The molecule has 1 aliphatic rings. The van der Waals surface area contributed by atoms with E-state index in [9.17, 15) is 24.8 Å². The summed E-state index contributed by atoms with van der Waals surface area (Å²) in [5.74, 6) is -0.309. The number of carbonyl (C=O) groups excluding carboxylic acids is 2. The Morgan fingerprint density at radius 2 is 1.78 bits per heavy atom. The number of imide groups is 1. The fourth-order valence-corrected chi connectivity index (χ4v) is 4.53. The van der Waals surface area contributed by atoms with E-state index in [1.807, 2.05) is 24.5 Å². The Bertz CT molecular complexity index is 1280. The van der Waals surface area contributed by atoms with Gasteiger partial charge in [0.1, 0.15) is 5.75 Å². The highest BCUT2D eigenvalue weighted by Crippen LogP contribution is 2.35. The number of phenols is 1. The molecule has 1 saturated heterocycles. The first-order valence-corrected chi connectivity index (χ1v) is 10.5. The molecule has 1 fully saturated rings. The van der Waals surface area contributed by atoms with Gasteiger partial charge in [-0.25, -0.2) is 0 Å². The number of hydrogen-bond acceptors (Lipinski definition) is 6. The van der Waals surface area contributed by atoms with Crippen molar-refractivity contribution in [1.82, 2.24) is 9.47 Å². The molecule has 2 aromatic carbocycles. The molecule has 0 atom stereocenters. The second kappa shape index (κ2) is 8.35. The molecule has 32 heavy (non-hydrogen) atoms. The lowest BCUT2D eigenvalue weighted by Gasteiger charge is -2.12. The zero-order valence-electron chi connectivity index (χ0n) is 17.3. The van der Waals surface area contributed by atoms with Crippen LogP contribution >= 0.6 is 11.8 Å². The fourth-order valence-electron chi connectivity index (χ4n) is 3.70. The third kappa shape index (κ3) is 3.90. The molecule has 4 rings (SSSR count). The summed E-state index contributed by atoms with van der Waals surface area (Å²) in [6.45, 7) is 3.67. The molecule has 0 radical (unpaired) electrons. The number of hydrogen-bond donors (Lipinski definition) is 1. The van der Waals surface area contributed by atoms with Crippen LogP contribution in [-0.4, -0.2) is 30.6 Å². The number of carbonyl (C=O) groups is 2. The van der Waals surface area contributed by atoms with Gasteiger partial charge in [0.15, 0.2) is 0 Å². The molecule has 0 spiro atoms. The van der Waals surface area contributed by atoms with Crippen molar-refractivity contribution < 1.29 is 19.6 Å². The number of rotatable bonds is 5. The molecule has 2 heterocycles. The average Bonchev–Trinajstić information content (AvgIpc) is 3.18. The lowest BCUT2D eigenvalue weighted by Crippen LogP contribution is -2.27. The van der Waals surface area contributed by atoms with E-state index in [0.717, 1.165) is 39.3 Å². The summed E-state index contributed by atoms with van der Waals surface area (Å²) >= 11 is 0.818. The summed E-state index contributed by atoms with van der Waals surface area (Å²) in [4.78, 5) is 37.5. The predicted molar refractivity (Wildman–Crippen MR) is 122 cm³/mol. The largest absolute Gasteiger partial charge is 0.508 e. The molecule has 162 valence electrons. The second-order valence-electron chi connectivity index (χ2n) is 7.33. The number of benzene rings is 2. The summed E-state index contributed by atoms with van der Waals surface area (Å²) in [6.07, 6.45) is 1.67. The smallest absolute Gasteiger partial charge is 0.293 e. The van der Waals surface area contributed by atoms with Crippen LogP contribution in [-0.2, 0) is 11.3 Å². The number of para-hydroxylation sites is 1. The number of aryl methyl sites for hydroxylation is 1. The van der Waals surface area contributed by atoms with Gasteiger partial charge in [-0.15, -0.1) is 0 Å². The van der Waals surface area contributed by atoms with Crippen molar-refractivity contribution in [2.24, 2.45) is 0 Å². The highest BCUT2D eigenvalue weighted by atomic mass is 32.2. The molecule has 1 N–H and O–H groups in total. The lowest BCUT2D eigenvalue weighted by atomic mass is 10.1. The molecule has 8 nitrogen and oxygen atoms in total.